The zero-order valence-electron chi connectivity index (χ0n) is 9.07. The van der Waals surface area contributed by atoms with E-state index in [0.717, 1.165) is 0 Å². The van der Waals surface area contributed by atoms with Crippen molar-refractivity contribution in [3.8, 4) is 11.1 Å². The van der Waals surface area contributed by atoms with E-state index in [2.05, 4.69) is 35.1 Å². The van der Waals surface area contributed by atoms with Crippen LogP contribution in [0.3, 0.4) is 0 Å². The van der Waals surface area contributed by atoms with E-state index in [0.29, 0.717) is 0 Å². The first-order valence-corrected chi connectivity index (χ1v) is 5.33. The molecule has 3 rings (SSSR count). The van der Waals surface area contributed by atoms with Crippen molar-refractivity contribution in [2.75, 3.05) is 0 Å². The number of nitrogens with zero attached hydrogens (tertiary/aromatic N) is 1. The standard InChI is InChI=1S/C14H12N2/c1-10-9-16-14-8-12(2-3-13(10)14)11-4-6-15-7-5-11/h2-9,16H,1H3. The van der Waals surface area contributed by atoms with Gasteiger partial charge in [-0.2, -0.15) is 0 Å². The van der Waals surface area contributed by atoms with E-state index in [-0.39, 0.29) is 0 Å². The van der Waals surface area contributed by atoms with Crippen LogP contribution in [0, 0.1) is 6.92 Å². The van der Waals surface area contributed by atoms with Crippen LogP contribution in [-0.2, 0) is 0 Å². The Morgan fingerprint density at radius 2 is 1.81 bits per heavy atom. The van der Waals surface area contributed by atoms with E-state index in [4.69, 9.17) is 0 Å². The molecule has 0 saturated heterocycles. The summed E-state index contributed by atoms with van der Waals surface area (Å²) in [6.45, 7) is 2.12. The molecular formula is C14H12N2. The Morgan fingerprint density at radius 1 is 1.00 bits per heavy atom. The van der Waals surface area contributed by atoms with Crippen molar-refractivity contribution in [3.63, 3.8) is 0 Å². The Balaban J connectivity index is 2.19. The van der Waals surface area contributed by atoms with Crippen LogP contribution in [0.25, 0.3) is 22.0 Å². The van der Waals surface area contributed by atoms with Crippen LogP contribution < -0.4 is 0 Å². The molecule has 2 heterocycles. The van der Waals surface area contributed by atoms with Crippen LogP contribution in [-0.4, -0.2) is 9.97 Å². The monoisotopic (exact) mass is 208 g/mol. The third-order valence-electron chi connectivity index (χ3n) is 2.90. The van der Waals surface area contributed by atoms with Crippen molar-refractivity contribution in [2.24, 2.45) is 0 Å². The maximum atomic E-state index is 4.03. The van der Waals surface area contributed by atoms with Gasteiger partial charge >= 0.3 is 0 Å². The molecule has 0 aliphatic rings. The van der Waals surface area contributed by atoms with Gasteiger partial charge in [0.1, 0.15) is 0 Å². The molecule has 3 aromatic rings. The summed E-state index contributed by atoms with van der Waals surface area (Å²) in [6.07, 6.45) is 5.68. The lowest BCUT2D eigenvalue weighted by Crippen LogP contribution is -1.78. The number of fused-ring (bicyclic) bond motifs is 1. The predicted octanol–water partition coefficient (Wildman–Crippen LogP) is 3.54. The van der Waals surface area contributed by atoms with Crippen molar-refractivity contribution in [1.82, 2.24) is 9.97 Å². The molecule has 0 atom stereocenters. The van der Waals surface area contributed by atoms with Crippen LogP contribution in [0.4, 0.5) is 0 Å². The molecule has 16 heavy (non-hydrogen) atoms. The van der Waals surface area contributed by atoms with E-state index in [1.807, 2.05) is 30.7 Å². The highest BCUT2D eigenvalue weighted by Crippen LogP contribution is 2.24. The number of hydrogen-bond acceptors (Lipinski definition) is 1. The number of aromatic amines is 1. The molecule has 0 radical (unpaired) electrons. The minimum atomic E-state index is 1.19. The zero-order chi connectivity index (χ0) is 11.0. The van der Waals surface area contributed by atoms with Crippen molar-refractivity contribution in [2.45, 2.75) is 6.92 Å². The molecule has 78 valence electrons. The van der Waals surface area contributed by atoms with E-state index < -0.39 is 0 Å². The molecule has 1 N–H and O–H groups in total. The number of pyridine rings is 1. The van der Waals surface area contributed by atoms with Crippen LogP contribution in [0.1, 0.15) is 5.56 Å². The zero-order valence-corrected chi connectivity index (χ0v) is 9.07. The lowest BCUT2D eigenvalue weighted by atomic mass is 10.0. The highest BCUT2D eigenvalue weighted by molar-refractivity contribution is 5.87. The highest BCUT2D eigenvalue weighted by Gasteiger charge is 2.02. The second-order valence-corrected chi connectivity index (χ2v) is 3.97. The van der Waals surface area contributed by atoms with Gasteiger partial charge in [0.05, 0.1) is 0 Å². The molecule has 2 aromatic heterocycles. The third-order valence-corrected chi connectivity index (χ3v) is 2.90. The number of aryl methyl sites for hydroxylation is 1. The molecule has 0 fully saturated rings. The van der Waals surface area contributed by atoms with E-state index >= 15 is 0 Å². The van der Waals surface area contributed by atoms with Crippen LogP contribution >= 0.6 is 0 Å². The fourth-order valence-electron chi connectivity index (χ4n) is 2.00. The van der Waals surface area contributed by atoms with Crippen molar-refractivity contribution >= 4 is 10.9 Å². The van der Waals surface area contributed by atoms with Gasteiger partial charge in [0.2, 0.25) is 0 Å². The summed E-state index contributed by atoms with van der Waals surface area (Å²) in [5.74, 6) is 0. The second-order valence-electron chi connectivity index (χ2n) is 3.97. The number of aromatic nitrogens is 2. The Labute approximate surface area is 94.0 Å². The van der Waals surface area contributed by atoms with Gasteiger partial charge in [-0.15, -0.1) is 0 Å². The molecule has 0 aliphatic carbocycles. The maximum Gasteiger partial charge on any atom is 0.0462 e. The third kappa shape index (κ3) is 1.39. The first kappa shape index (κ1) is 9.16. The summed E-state index contributed by atoms with van der Waals surface area (Å²) in [7, 11) is 0. The van der Waals surface area contributed by atoms with Crippen molar-refractivity contribution in [1.29, 1.82) is 0 Å². The minimum Gasteiger partial charge on any atom is -0.361 e. The molecule has 1 aromatic carbocycles. The van der Waals surface area contributed by atoms with E-state index in [1.54, 1.807) is 0 Å². The van der Waals surface area contributed by atoms with E-state index in [9.17, 15) is 0 Å². The highest BCUT2D eigenvalue weighted by atomic mass is 14.7. The number of benzene rings is 1. The molecule has 2 heteroatoms. The van der Waals surface area contributed by atoms with Gasteiger partial charge in [-0.3, -0.25) is 4.98 Å². The average molecular weight is 208 g/mol. The summed E-state index contributed by atoms with van der Waals surface area (Å²) < 4.78 is 0. The van der Waals surface area contributed by atoms with E-state index in [1.165, 1.54) is 27.6 Å². The summed E-state index contributed by atoms with van der Waals surface area (Å²) in [6, 6.07) is 10.5. The second kappa shape index (κ2) is 3.49. The summed E-state index contributed by atoms with van der Waals surface area (Å²) in [5.41, 5.74) is 4.89. The van der Waals surface area contributed by atoms with Gasteiger partial charge in [0.25, 0.3) is 0 Å². The largest absolute Gasteiger partial charge is 0.361 e. The van der Waals surface area contributed by atoms with Gasteiger partial charge in [-0.1, -0.05) is 12.1 Å². The van der Waals surface area contributed by atoms with Gasteiger partial charge in [-0.25, -0.2) is 0 Å². The molecule has 0 bridgehead atoms. The molecule has 2 nitrogen and oxygen atoms in total. The Bertz CT molecular complexity index is 624. The topological polar surface area (TPSA) is 28.7 Å². The van der Waals surface area contributed by atoms with Crippen LogP contribution in [0.2, 0.25) is 0 Å². The quantitative estimate of drug-likeness (QED) is 0.651. The number of rotatable bonds is 1. The van der Waals surface area contributed by atoms with Crippen LogP contribution in [0.5, 0.6) is 0 Å². The number of hydrogen-bond donors (Lipinski definition) is 1. The van der Waals surface area contributed by atoms with Gasteiger partial charge in [0, 0.05) is 29.5 Å². The molecule has 0 amide bonds. The smallest absolute Gasteiger partial charge is 0.0462 e. The summed E-state index contributed by atoms with van der Waals surface area (Å²) in [4.78, 5) is 7.31. The Kier molecular flexibility index (Phi) is 2.00. The minimum absolute atomic E-state index is 1.19. The fraction of sp³-hybridized carbons (Fsp3) is 0.0714. The molecule has 0 spiro atoms. The predicted molar refractivity (Wildman–Crippen MR) is 66.3 cm³/mol. The Hall–Kier alpha value is -2.09. The van der Waals surface area contributed by atoms with Crippen molar-refractivity contribution < 1.29 is 0 Å². The van der Waals surface area contributed by atoms with Crippen LogP contribution in [0.15, 0.2) is 48.9 Å². The number of nitrogens with one attached hydrogen (secondary N) is 1. The molecule has 0 aliphatic heterocycles. The molecule has 0 unspecified atom stereocenters. The van der Waals surface area contributed by atoms with Gasteiger partial charge in [-0.05, 0) is 41.8 Å². The normalized spacial score (nSPS) is 10.8. The van der Waals surface area contributed by atoms with Crippen molar-refractivity contribution in [3.05, 3.63) is 54.5 Å². The average Bonchev–Trinajstić information content (AvgIpc) is 2.72. The number of H-pyrrole nitrogens is 1. The first-order valence-electron chi connectivity index (χ1n) is 5.33. The molecule has 0 saturated carbocycles. The maximum absolute atomic E-state index is 4.03. The molecular weight excluding hydrogens is 196 g/mol. The SMILES string of the molecule is Cc1c[nH]c2cc(-c3ccncc3)ccc12. The van der Waals surface area contributed by atoms with Gasteiger partial charge < -0.3 is 4.98 Å². The lowest BCUT2D eigenvalue weighted by Gasteiger charge is -2.01. The first-order chi connectivity index (χ1) is 7.84. The van der Waals surface area contributed by atoms with Gasteiger partial charge in [0.15, 0.2) is 0 Å². The fourth-order valence-corrected chi connectivity index (χ4v) is 2.00. The summed E-state index contributed by atoms with van der Waals surface area (Å²) >= 11 is 0. The Morgan fingerprint density at radius 3 is 2.62 bits per heavy atom. The lowest BCUT2D eigenvalue weighted by molar-refractivity contribution is 1.33. The summed E-state index contributed by atoms with van der Waals surface area (Å²) in [5, 5.41) is 1.29.